The van der Waals surface area contributed by atoms with Crippen molar-refractivity contribution in [1.82, 2.24) is 4.57 Å². The predicted octanol–water partition coefficient (Wildman–Crippen LogP) is 4.76. The van der Waals surface area contributed by atoms with E-state index in [1.54, 1.807) is 25.5 Å². The Morgan fingerprint density at radius 2 is 1.97 bits per heavy atom. The number of anilines is 1. The molecule has 1 N–H and O–H groups in total. The van der Waals surface area contributed by atoms with Gasteiger partial charge in [-0.25, -0.2) is 9.24 Å². The van der Waals surface area contributed by atoms with Gasteiger partial charge in [0.25, 0.3) is 5.91 Å². The summed E-state index contributed by atoms with van der Waals surface area (Å²) in [4.78, 5) is 46.5. The van der Waals surface area contributed by atoms with Crippen molar-refractivity contribution in [3.05, 3.63) is 70.1 Å². The van der Waals surface area contributed by atoms with Gasteiger partial charge in [-0.3, -0.25) is 19.4 Å². The van der Waals surface area contributed by atoms with E-state index in [1.165, 1.54) is 12.1 Å². The maximum atomic E-state index is 13.6. The Morgan fingerprint density at radius 3 is 2.58 bits per heavy atom. The molecule has 0 aliphatic carbocycles. The third-order valence-corrected chi connectivity index (χ3v) is 5.89. The van der Waals surface area contributed by atoms with E-state index in [0.717, 1.165) is 11.8 Å². The number of hydrogen-bond donors (Lipinski definition) is 1. The number of nitrogens with zero attached hydrogens (tertiary/aromatic N) is 3. The SMILES string of the molecule is [C-]#[N+]c1cc(NC(=O)c2c(C)c(C(=O)C(=O)CC(C)(C)C3=NCC=C3)c(C)n2C)ccc1F. The van der Waals surface area contributed by atoms with Crippen LogP contribution in [-0.2, 0) is 11.8 Å². The number of benzene rings is 1. The lowest BCUT2D eigenvalue weighted by molar-refractivity contribution is -0.116. The van der Waals surface area contributed by atoms with E-state index in [2.05, 4.69) is 15.2 Å². The van der Waals surface area contributed by atoms with Crippen LogP contribution in [0.2, 0.25) is 0 Å². The van der Waals surface area contributed by atoms with Crippen LogP contribution in [0.15, 0.2) is 35.3 Å². The minimum Gasteiger partial charge on any atom is -0.343 e. The summed E-state index contributed by atoms with van der Waals surface area (Å²) in [7, 11) is 1.63. The molecule has 8 heteroatoms. The van der Waals surface area contributed by atoms with Crippen LogP contribution in [0.1, 0.15) is 52.4 Å². The predicted molar refractivity (Wildman–Crippen MR) is 125 cm³/mol. The number of halogens is 1. The second-order valence-electron chi connectivity index (χ2n) is 8.67. The number of nitrogens with one attached hydrogen (secondary N) is 1. The van der Waals surface area contributed by atoms with Crippen LogP contribution in [0.5, 0.6) is 0 Å². The van der Waals surface area contributed by atoms with Crippen molar-refractivity contribution in [2.75, 3.05) is 11.9 Å². The third kappa shape index (κ3) is 4.53. The van der Waals surface area contributed by atoms with Gasteiger partial charge in [-0.2, -0.15) is 0 Å². The lowest BCUT2D eigenvalue weighted by Crippen LogP contribution is -2.29. The van der Waals surface area contributed by atoms with E-state index >= 15 is 0 Å². The number of carbonyl (C=O) groups excluding carboxylic acids is 3. The number of Topliss-reactive ketones (excluding diaryl/α,β-unsaturated/α-hetero) is 2. The van der Waals surface area contributed by atoms with Gasteiger partial charge >= 0.3 is 0 Å². The first-order valence-corrected chi connectivity index (χ1v) is 10.4. The second-order valence-corrected chi connectivity index (χ2v) is 8.67. The van der Waals surface area contributed by atoms with Crippen molar-refractivity contribution < 1.29 is 18.8 Å². The Labute approximate surface area is 191 Å². The van der Waals surface area contributed by atoms with E-state index in [1.807, 2.05) is 26.0 Å². The maximum Gasteiger partial charge on any atom is 0.272 e. The van der Waals surface area contributed by atoms with Crippen LogP contribution >= 0.6 is 0 Å². The quantitative estimate of drug-likeness (QED) is 0.376. The summed E-state index contributed by atoms with van der Waals surface area (Å²) in [6.45, 7) is 14.6. The molecule has 0 spiro atoms. The molecule has 0 bridgehead atoms. The fourth-order valence-electron chi connectivity index (χ4n) is 4.02. The highest BCUT2D eigenvalue weighted by atomic mass is 19.1. The molecule has 2 heterocycles. The Bertz CT molecular complexity index is 1280. The highest BCUT2D eigenvalue weighted by Crippen LogP contribution is 2.29. The van der Waals surface area contributed by atoms with Crippen molar-refractivity contribution in [2.24, 2.45) is 17.5 Å². The Hall–Kier alpha value is -3.86. The standard InChI is InChI=1S/C25H25FN4O3/c1-14-21(23(32)19(31)13-25(3,4)20-8-7-11-28-20)15(2)30(6)22(14)24(33)29-16-9-10-17(26)18(12-16)27-5/h7-10,12H,11,13H2,1-4,6H3,(H,29,33). The summed E-state index contributed by atoms with van der Waals surface area (Å²) < 4.78 is 15.1. The summed E-state index contributed by atoms with van der Waals surface area (Å²) in [6.07, 6.45) is 3.77. The van der Waals surface area contributed by atoms with Crippen molar-refractivity contribution in [1.29, 1.82) is 0 Å². The van der Waals surface area contributed by atoms with Gasteiger partial charge in [-0.1, -0.05) is 19.9 Å². The number of aromatic nitrogens is 1. The zero-order valence-corrected chi connectivity index (χ0v) is 19.2. The van der Waals surface area contributed by atoms with Gasteiger partial charge in [0, 0.05) is 36.0 Å². The molecular formula is C25H25FN4O3. The van der Waals surface area contributed by atoms with E-state index in [-0.39, 0.29) is 29.1 Å². The Morgan fingerprint density at radius 1 is 1.27 bits per heavy atom. The lowest BCUT2D eigenvalue weighted by atomic mass is 9.80. The molecule has 3 rings (SSSR count). The average molecular weight is 448 g/mol. The summed E-state index contributed by atoms with van der Waals surface area (Å²) in [5.74, 6) is -2.40. The molecule has 0 radical (unpaired) electrons. The van der Waals surface area contributed by atoms with Gasteiger partial charge in [-0.15, -0.1) is 0 Å². The van der Waals surface area contributed by atoms with Gasteiger partial charge in [0.05, 0.1) is 18.7 Å². The first-order chi connectivity index (χ1) is 15.5. The molecule has 2 aromatic rings. The molecule has 0 unspecified atom stereocenters. The highest BCUT2D eigenvalue weighted by Gasteiger charge is 2.34. The summed E-state index contributed by atoms with van der Waals surface area (Å²) in [6, 6.07) is 3.69. The number of carbonyl (C=O) groups is 3. The minimum absolute atomic E-state index is 0.000703. The van der Waals surface area contributed by atoms with Gasteiger partial charge in [0.15, 0.2) is 0 Å². The normalized spacial score (nSPS) is 12.9. The molecule has 0 fully saturated rings. The van der Waals surface area contributed by atoms with Crippen molar-refractivity contribution in [3.8, 4) is 0 Å². The van der Waals surface area contributed by atoms with E-state index in [0.29, 0.717) is 17.8 Å². The molecule has 0 saturated carbocycles. The monoisotopic (exact) mass is 448 g/mol. The first kappa shape index (κ1) is 23.8. The van der Waals surface area contributed by atoms with E-state index in [4.69, 9.17) is 6.57 Å². The number of hydrogen-bond acceptors (Lipinski definition) is 4. The lowest BCUT2D eigenvalue weighted by Gasteiger charge is -2.22. The highest BCUT2D eigenvalue weighted by molar-refractivity contribution is 6.45. The molecule has 1 aromatic carbocycles. The molecule has 33 heavy (non-hydrogen) atoms. The Balaban J connectivity index is 1.87. The summed E-state index contributed by atoms with van der Waals surface area (Å²) in [5.41, 5.74) is 1.53. The molecule has 0 saturated heterocycles. The van der Waals surface area contributed by atoms with Gasteiger partial charge < -0.3 is 9.88 Å². The summed E-state index contributed by atoms with van der Waals surface area (Å²) in [5, 5.41) is 2.64. The fourth-order valence-corrected chi connectivity index (χ4v) is 4.02. The number of allylic oxidation sites excluding steroid dienone is 1. The van der Waals surface area contributed by atoms with E-state index in [9.17, 15) is 18.8 Å². The van der Waals surface area contributed by atoms with Crippen LogP contribution in [0.3, 0.4) is 0 Å². The number of amides is 1. The first-order valence-electron chi connectivity index (χ1n) is 10.4. The van der Waals surface area contributed by atoms with Crippen LogP contribution in [0.4, 0.5) is 15.8 Å². The fraction of sp³-hybridized carbons (Fsp3) is 0.320. The van der Waals surface area contributed by atoms with Crippen molar-refractivity contribution in [3.63, 3.8) is 0 Å². The van der Waals surface area contributed by atoms with Crippen LogP contribution in [0.25, 0.3) is 4.85 Å². The van der Waals surface area contributed by atoms with Crippen LogP contribution in [-0.4, -0.2) is 34.3 Å². The topological polar surface area (TPSA) is 84.9 Å². The molecule has 1 amide bonds. The Kier molecular flexibility index (Phi) is 6.45. The largest absolute Gasteiger partial charge is 0.343 e. The number of rotatable bonds is 7. The molecule has 1 aliphatic heterocycles. The van der Waals surface area contributed by atoms with Crippen molar-refractivity contribution >= 4 is 34.6 Å². The van der Waals surface area contributed by atoms with Gasteiger partial charge in [0.2, 0.25) is 17.3 Å². The zero-order chi connectivity index (χ0) is 24.5. The number of ketones is 2. The number of aliphatic imine (C=N–C) groups is 1. The minimum atomic E-state index is -0.678. The molecular weight excluding hydrogens is 423 g/mol. The molecule has 1 aliphatic rings. The molecule has 1 aromatic heterocycles. The van der Waals surface area contributed by atoms with Gasteiger partial charge in [-0.05, 0) is 43.7 Å². The molecule has 0 atom stereocenters. The second kappa shape index (κ2) is 8.94. The molecule has 7 nitrogen and oxygen atoms in total. The van der Waals surface area contributed by atoms with Crippen LogP contribution in [0, 0.1) is 31.7 Å². The zero-order valence-electron chi connectivity index (χ0n) is 19.2. The van der Waals surface area contributed by atoms with Crippen molar-refractivity contribution in [2.45, 2.75) is 34.1 Å². The third-order valence-electron chi connectivity index (χ3n) is 5.89. The van der Waals surface area contributed by atoms with E-state index < -0.39 is 28.7 Å². The smallest absolute Gasteiger partial charge is 0.272 e. The summed E-state index contributed by atoms with van der Waals surface area (Å²) >= 11 is 0. The van der Waals surface area contributed by atoms with Crippen LogP contribution < -0.4 is 5.32 Å². The molecule has 170 valence electrons. The average Bonchev–Trinajstić information content (AvgIpc) is 3.37. The van der Waals surface area contributed by atoms with Gasteiger partial charge in [0.1, 0.15) is 11.5 Å². The maximum absolute atomic E-state index is 13.6.